The number of hydrogen-bond donors (Lipinski definition) is 1. The maximum absolute atomic E-state index is 13.4. The number of nitrogens with one attached hydrogen (secondary N) is 1. The number of ketones is 2. The molecule has 1 fully saturated rings. The van der Waals surface area contributed by atoms with E-state index in [0.717, 1.165) is 43.0 Å². The quantitative estimate of drug-likeness (QED) is 0.0919. The zero-order chi connectivity index (χ0) is 46.7. The van der Waals surface area contributed by atoms with Crippen molar-refractivity contribution in [3.8, 4) is 0 Å². The average molecular weight is 980 g/mol. The van der Waals surface area contributed by atoms with Crippen LogP contribution in [0.2, 0.25) is 0 Å². The Morgan fingerprint density at radius 1 is 0.952 bits per heavy atom. The van der Waals surface area contributed by atoms with E-state index in [1.807, 2.05) is 30.3 Å². The van der Waals surface area contributed by atoms with Crippen LogP contribution >= 0.6 is 0 Å². The fraction of sp³-hybridized carbons (Fsp3) is 0.561. The summed E-state index contributed by atoms with van der Waals surface area (Å²) in [5.74, 6) is -3.71. The number of aliphatic carboxylic acids is 1. The Balaban J connectivity index is 0.00000367. The summed E-state index contributed by atoms with van der Waals surface area (Å²) in [5, 5.41) is 16.0. The third-order valence-electron chi connectivity index (χ3n) is 9.18. The van der Waals surface area contributed by atoms with Gasteiger partial charge in [0, 0.05) is 37.7 Å². The Kier molecular flexibility index (Phi) is 27.9. The molecule has 1 aliphatic heterocycles. The molecule has 1 aliphatic rings. The normalized spacial score (nSPS) is 16.5. The third kappa shape index (κ3) is 21.8. The van der Waals surface area contributed by atoms with Crippen molar-refractivity contribution >= 4 is 48.1 Å². The van der Waals surface area contributed by atoms with Crippen LogP contribution in [0.3, 0.4) is 0 Å². The van der Waals surface area contributed by atoms with Gasteiger partial charge in [-0.1, -0.05) is 67.4 Å². The number of piperidine rings is 1. The second-order valence-electron chi connectivity index (χ2n) is 14.0. The Labute approximate surface area is 374 Å². The zero-order valence-electron chi connectivity index (χ0n) is 34.3. The standard InChI is InChI=1S/C40H54F3N4O9S.CO2.O.Tc/c1-26-20-28(22-30(21-26)40(41,42)43)24-56-35-11-6-15-47(36(35)29-8-4-3-5-9-29)23-32(49)10-7-16-54-18-19-55-17-14-31(48)12-13-33(44)38(51)45-27(2)37(50)46-34(25-57)39(52)53;2-1-3;;/h3-5,8-9,20-22,27,33-36,44H,6-7,10-19,23-25H2,1-2H3,(H4,45,46,50,51,52,53,57);;;/q-1;;;+4/p-3/t27-,33-,34-,35-,36-;;;/m0.../s1/i;;;1+1. The van der Waals surface area contributed by atoms with Gasteiger partial charge in [-0.3, -0.25) is 19.3 Å². The molecule has 62 heavy (non-hydrogen) atoms. The molecule has 1 saturated heterocycles. The summed E-state index contributed by atoms with van der Waals surface area (Å²) in [6.45, 7) is 4.69. The van der Waals surface area contributed by atoms with Gasteiger partial charge in [0.15, 0.2) is 0 Å². The fourth-order valence-corrected chi connectivity index (χ4v) is 6.49. The number of nitrogens with zero attached hydrogens (tertiary/aromatic N) is 3. The van der Waals surface area contributed by atoms with Crippen LogP contribution in [0.15, 0.2) is 48.5 Å². The SMILES string of the molecule is Cc1cc(CO[C@H]2CCCN(CC(=O)CCCOCCOCCC(=O)CC[C@H]([NH-])C(=O)[N-][C@@H](C)C(=O)[N-][C@@H](C[S-])C(=O)O)[C@H]2c2ccccc2)cc(C(F)(F)F)c1.O=C=O.[O]=[99Tc+4]. The van der Waals surface area contributed by atoms with Crippen LogP contribution in [0, 0.1) is 6.92 Å². The summed E-state index contributed by atoms with van der Waals surface area (Å²) in [4.78, 5) is 78.8. The van der Waals surface area contributed by atoms with Crippen LogP contribution in [0.5, 0.6) is 0 Å². The first-order valence-corrected chi connectivity index (χ1v) is 20.8. The molecule has 2 aromatic rings. The molecule has 2 amide bonds. The third-order valence-corrected chi connectivity index (χ3v) is 9.50. The predicted octanol–water partition coefficient (Wildman–Crippen LogP) is 5.76. The molecule has 341 valence electrons. The van der Waals surface area contributed by atoms with Crippen molar-refractivity contribution in [3.63, 3.8) is 0 Å². The van der Waals surface area contributed by atoms with Gasteiger partial charge in [-0.05, 0) is 62.0 Å². The molecule has 0 saturated carbocycles. The van der Waals surface area contributed by atoms with E-state index in [1.54, 1.807) is 13.0 Å². The van der Waals surface area contributed by atoms with Crippen LogP contribution in [0.25, 0.3) is 16.4 Å². The van der Waals surface area contributed by atoms with E-state index in [2.05, 4.69) is 28.2 Å². The van der Waals surface area contributed by atoms with E-state index in [0.29, 0.717) is 43.5 Å². The van der Waals surface area contributed by atoms with Crippen LogP contribution in [-0.4, -0.2) is 115 Å². The molecule has 0 bridgehead atoms. The van der Waals surface area contributed by atoms with Gasteiger partial charge in [0.25, 0.3) is 5.97 Å². The van der Waals surface area contributed by atoms with Crippen LogP contribution in [0.1, 0.15) is 80.2 Å². The molecule has 2 N–H and O–H groups in total. The Hall–Kier alpha value is -4.04. The molecule has 0 spiro atoms. The number of rotatable bonds is 25. The summed E-state index contributed by atoms with van der Waals surface area (Å²) in [6.07, 6.45) is -2.37. The molecule has 0 aromatic heterocycles. The van der Waals surface area contributed by atoms with Gasteiger partial charge in [0.1, 0.15) is 11.6 Å². The van der Waals surface area contributed by atoms with Crippen molar-refractivity contribution in [2.24, 2.45) is 0 Å². The number of carboxylic acid groups (broad SMARTS) is 1. The molecule has 16 nitrogen and oxygen atoms in total. The summed E-state index contributed by atoms with van der Waals surface area (Å²) >= 11 is 5.55. The van der Waals surface area contributed by atoms with Crippen molar-refractivity contribution in [2.75, 3.05) is 45.3 Å². The second-order valence-corrected chi connectivity index (χ2v) is 14.3. The van der Waals surface area contributed by atoms with Crippen LogP contribution in [0.4, 0.5) is 13.2 Å². The summed E-state index contributed by atoms with van der Waals surface area (Å²) in [5.41, 5.74) is 9.14. The van der Waals surface area contributed by atoms with Crippen molar-refractivity contribution in [1.82, 2.24) is 4.90 Å². The number of carbonyl (C=O) groups excluding carboxylic acids is 6. The molecule has 0 aliphatic carbocycles. The van der Waals surface area contributed by atoms with Crippen molar-refractivity contribution in [2.45, 2.75) is 102 Å². The second kappa shape index (κ2) is 30.9. The van der Waals surface area contributed by atoms with E-state index in [9.17, 15) is 37.1 Å². The van der Waals surface area contributed by atoms with Crippen molar-refractivity contribution in [3.05, 3.63) is 87.2 Å². The van der Waals surface area contributed by atoms with E-state index in [-0.39, 0.29) is 87.9 Å². The Morgan fingerprint density at radius 2 is 1.60 bits per heavy atom. The van der Waals surface area contributed by atoms with Gasteiger partial charge in [-0.2, -0.15) is 28.5 Å². The number of carboxylic acids is 1. The molecule has 2 aromatic carbocycles. The number of benzene rings is 2. The summed E-state index contributed by atoms with van der Waals surface area (Å²) < 4.78 is 65.8. The summed E-state index contributed by atoms with van der Waals surface area (Å²) in [7, 11) is 0. The number of ether oxygens (including phenoxy) is 3. The van der Waals surface area contributed by atoms with E-state index >= 15 is 0 Å². The van der Waals surface area contributed by atoms with Gasteiger partial charge < -0.3 is 57.9 Å². The Bertz CT molecular complexity index is 1740. The van der Waals surface area contributed by atoms with Crippen molar-refractivity contribution < 1.29 is 88.4 Å². The molecule has 0 unspecified atom stereocenters. The minimum atomic E-state index is -4.45. The van der Waals surface area contributed by atoms with E-state index in [1.165, 1.54) is 6.92 Å². The zero-order valence-corrected chi connectivity index (χ0v) is 37.0. The number of likely N-dealkylation sites (tertiary alicyclic amines) is 1. The number of Topliss-reactive ketones (excluding diaryl/α,β-unsaturated/α-hetero) is 2. The molecular formula is C41H51F3N4O12STc. The maximum atomic E-state index is 13.4. The fourth-order valence-electron chi connectivity index (χ4n) is 6.27. The number of halogens is 3. The van der Waals surface area contributed by atoms with Gasteiger partial charge in [0.05, 0.1) is 50.7 Å². The number of amides is 2. The molecule has 5 atom stereocenters. The van der Waals surface area contributed by atoms with Gasteiger partial charge >= 0.3 is 34.7 Å². The van der Waals surface area contributed by atoms with Gasteiger partial charge in [-0.15, -0.1) is 0 Å². The average Bonchev–Trinajstić information content (AvgIpc) is 3.23. The summed E-state index contributed by atoms with van der Waals surface area (Å²) in [6, 6.07) is 9.28. The molecule has 1 heterocycles. The Morgan fingerprint density at radius 3 is 2.21 bits per heavy atom. The van der Waals surface area contributed by atoms with Gasteiger partial charge in [-0.25, -0.2) is 0 Å². The first-order valence-electron chi connectivity index (χ1n) is 19.4. The molecule has 21 heteroatoms. The molecule has 3 rings (SSSR count). The van der Waals surface area contributed by atoms with Gasteiger partial charge in [0.2, 0.25) is 0 Å². The number of carbonyl (C=O) groups is 5. The topological polar surface area (TPSA) is 240 Å². The first-order chi connectivity index (χ1) is 29.5. The minimum absolute atomic E-state index is 0.0175. The van der Waals surface area contributed by atoms with Crippen LogP contribution < -0.4 is 0 Å². The predicted molar refractivity (Wildman–Crippen MR) is 213 cm³/mol. The van der Waals surface area contributed by atoms with E-state index in [4.69, 9.17) is 38.1 Å². The van der Waals surface area contributed by atoms with Crippen LogP contribution in [-0.2, 0) is 95.5 Å². The number of hydrogen-bond acceptors (Lipinski definition) is 13. The molecular weight excluding hydrogens is 928 g/mol. The van der Waals surface area contributed by atoms with E-state index < -0.39 is 47.6 Å². The molecule has 0 radical (unpaired) electrons. The first kappa shape index (κ1) is 56.0. The number of aryl methyl sites for hydroxylation is 1. The number of alkyl halides is 3. The van der Waals surface area contributed by atoms with Crippen molar-refractivity contribution in [1.29, 1.82) is 0 Å². The monoisotopic (exact) mass is 979 g/mol.